The zero-order valence-corrected chi connectivity index (χ0v) is 15.7. The first-order valence-electron chi connectivity index (χ1n) is 8.58. The van der Waals surface area contributed by atoms with Crippen LogP contribution in [-0.2, 0) is 4.79 Å². The van der Waals surface area contributed by atoms with Crippen molar-refractivity contribution in [3.8, 4) is 11.5 Å². The number of aryl methyl sites for hydroxylation is 4. The van der Waals surface area contributed by atoms with Crippen LogP contribution < -0.4 is 14.8 Å². The summed E-state index contributed by atoms with van der Waals surface area (Å²) >= 11 is 0. The summed E-state index contributed by atoms with van der Waals surface area (Å²) in [4.78, 5) is 12.2. The second-order valence-corrected chi connectivity index (χ2v) is 6.49. The highest BCUT2D eigenvalue weighted by Crippen LogP contribution is 2.20. The summed E-state index contributed by atoms with van der Waals surface area (Å²) < 4.78 is 11.4. The molecule has 0 saturated heterocycles. The Morgan fingerprint density at radius 3 is 2.32 bits per heavy atom. The third-order valence-corrected chi connectivity index (χ3v) is 3.87. The highest BCUT2D eigenvalue weighted by Gasteiger charge is 2.15. The van der Waals surface area contributed by atoms with Gasteiger partial charge in [0.05, 0.1) is 6.54 Å². The summed E-state index contributed by atoms with van der Waals surface area (Å²) in [6.45, 7) is 10.7. The molecule has 0 fully saturated rings. The van der Waals surface area contributed by atoms with E-state index in [1.54, 1.807) is 6.92 Å². The normalized spacial score (nSPS) is 11.7. The summed E-state index contributed by atoms with van der Waals surface area (Å²) in [5.74, 6) is 1.41. The van der Waals surface area contributed by atoms with Gasteiger partial charge in [-0.25, -0.2) is 0 Å². The second kappa shape index (κ2) is 8.56. The fraction of sp³-hybridized carbons (Fsp3) is 0.381. The van der Waals surface area contributed by atoms with Crippen molar-refractivity contribution in [3.63, 3.8) is 0 Å². The minimum absolute atomic E-state index is 0.149. The molecule has 0 unspecified atom stereocenters. The van der Waals surface area contributed by atoms with Gasteiger partial charge in [0.15, 0.2) is 6.10 Å². The average Bonchev–Trinajstić information content (AvgIpc) is 2.53. The van der Waals surface area contributed by atoms with Crippen LogP contribution in [0.15, 0.2) is 36.4 Å². The third-order valence-electron chi connectivity index (χ3n) is 3.87. The smallest absolute Gasteiger partial charge is 0.260 e. The van der Waals surface area contributed by atoms with E-state index in [9.17, 15) is 4.79 Å². The molecule has 4 heteroatoms. The second-order valence-electron chi connectivity index (χ2n) is 6.49. The van der Waals surface area contributed by atoms with Crippen LogP contribution in [0.5, 0.6) is 11.5 Å². The number of rotatable bonds is 7. The van der Waals surface area contributed by atoms with Crippen LogP contribution in [0.2, 0.25) is 0 Å². The predicted octanol–water partition coefficient (Wildman–Crippen LogP) is 3.88. The van der Waals surface area contributed by atoms with E-state index < -0.39 is 6.10 Å². The number of ether oxygens (including phenoxy) is 2. The van der Waals surface area contributed by atoms with Gasteiger partial charge in [-0.05, 0) is 69.5 Å². The van der Waals surface area contributed by atoms with Gasteiger partial charge in [0, 0.05) is 0 Å². The quantitative estimate of drug-likeness (QED) is 0.778. The Hall–Kier alpha value is -2.49. The topological polar surface area (TPSA) is 47.6 Å². The number of carbonyl (C=O) groups is 1. The lowest BCUT2D eigenvalue weighted by atomic mass is 10.1. The van der Waals surface area contributed by atoms with Crippen LogP contribution in [0.3, 0.4) is 0 Å². The standard InChI is InChI=1S/C21H27NO3/c1-14-6-7-20(17(4)11-14)25-18(5)21(23)22-8-9-24-19-12-15(2)10-16(3)13-19/h6-7,10-13,18H,8-9H2,1-5H3,(H,22,23)/t18-/m0/s1. The molecule has 0 aliphatic heterocycles. The summed E-state index contributed by atoms with van der Waals surface area (Å²) in [5, 5.41) is 2.84. The lowest BCUT2D eigenvalue weighted by molar-refractivity contribution is -0.127. The molecule has 0 bridgehead atoms. The number of carbonyl (C=O) groups excluding carboxylic acids is 1. The van der Waals surface area contributed by atoms with Crippen molar-refractivity contribution < 1.29 is 14.3 Å². The van der Waals surface area contributed by atoms with E-state index in [4.69, 9.17) is 9.47 Å². The molecule has 0 radical (unpaired) electrons. The van der Waals surface area contributed by atoms with E-state index in [-0.39, 0.29) is 5.91 Å². The highest BCUT2D eigenvalue weighted by atomic mass is 16.5. The molecule has 0 heterocycles. The first-order chi connectivity index (χ1) is 11.8. The van der Waals surface area contributed by atoms with E-state index >= 15 is 0 Å². The number of amides is 1. The van der Waals surface area contributed by atoms with Gasteiger partial charge >= 0.3 is 0 Å². The van der Waals surface area contributed by atoms with Gasteiger partial charge in [0.2, 0.25) is 0 Å². The molecule has 1 N–H and O–H groups in total. The molecular formula is C21H27NO3. The van der Waals surface area contributed by atoms with E-state index in [2.05, 4.69) is 11.4 Å². The molecule has 2 aromatic rings. The molecule has 2 rings (SSSR count). The first kappa shape index (κ1) is 18.8. The Kier molecular flexibility index (Phi) is 6.45. The molecule has 0 aliphatic carbocycles. The molecular weight excluding hydrogens is 314 g/mol. The predicted molar refractivity (Wildman–Crippen MR) is 100 cm³/mol. The maximum absolute atomic E-state index is 12.2. The Balaban J connectivity index is 1.77. The minimum Gasteiger partial charge on any atom is -0.492 e. The van der Waals surface area contributed by atoms with Crippen molar-refractivity contribution in [1.82, 2.24) is 5.32 Å². The van der Waals surface area contributed by atoms with E-state index in [1.807, 2.05) is 58.0 Å². The van der Waals surface area contributed by atoms with E-state index in [0.717, 1.165) is 28.2 Å². The van der Waals surface area contributed by atoms with Crippen LogP contribution in [-0.4, -0.2) is 25.2 Å². The molecule has 0 spiro atoms. The number of benzene rings is 2. The molecule has 4 nitrogen and oxygen atoms in total. The summed E-state index contributed by atoms with van der Waals surface area (Å²) in [6.07, 6.45) is -0.553. The molecule has 134 valence electrons. The third kappa shape index (κ3) is 5.82. The fourth-order valence-corrected chi connectivity index (χ4v) is 2.68. The van der Waals surface area contributed by atoms with Gasteiger partial charge in [-0.1, -0.05) is 23.8 Å². The molecule has 0 saturated carbocycles. The molecule has 1 atom stereocenters. The monoisotopic (exact) mass is 341 g/mol. The van der Waals surface area contributed by atoms with Gasteiger partial charge < -0.3 is 14.8 Å². The van der Waals surface area contributed by atoms with Gasteiger partial charge in [0.25, 0.3) is 5.91 Å². The zero-order valence-electron chi connectivity index (χ0n) is 15.7. The number of hydrogen-bond acceptors (Lipinski definition) is 3. The lowest BCUT2D eigenvalue weighted by Crippen LogP contribution is -2.38. The van der Waals surface area contributed by atoms with E-state index in [0.29, 0.717) is 13.2 Å². The zero-order chi connectivity index (χ0) is 18.4. The number of nitrogens with one attached hydrogen (secondary N) is 1. The van der Waals surface area contributed by atoms with Crippen LogP contribution in [0.25, 0.3) is 0 Å². The van der Waals surface area contributed by atoms with Gasteiger partial charge in [-0.15, -0.1) is 0 Å². The highest BCUT2D eigenvalue weighted by molar-refractivity contribution is 5.80. The van der Waals surface area contributed by atoms with Gasteiger partial charge in [-0.3, -0.25) is 4.79 Å². The summed E-state index contributed by atoms with van der Waals surface area (Å²) in [5.41, 5.74) is 4.52. The molecule has 25 heavy (non-hydrogen) atoms. The van der Waals surface area contributed by atoms with Crippen LogP contribution >= 0.6 is 0 Å². The maximum Gasteiger partial charge on any atom is 0.260 e. The van der Waals surface area contributed by atoms with Crippen molar-refractivity contribution in [1.29, 1.82) is 0 Å². The summed E-state index contributed by atoms with van der Waals surface area (Å²) in [6, 6.07) is 12.0. The maximum atomic E-state index is 12.2. The molecule has 0 aromatic heterocycles. The number of hydrogen-bond donors (Lipinski definition) is 1. The Labute approximate surface area is 150 Å². The SMILES string of the molecule is Cc1cc(C)cc(OCCNC(=O)[C@H](C)Oc2ccc(C)cc2C)c1. The van der Waals surface area contributed by atoms with Gasteiger partial charge in [0.1, 0.15) is 18.1 Å². The minimum atomic E-state index is -0.553. The van der Waals surface area contributed by atoms with Crippen molar-refractivity contribution >= 4 is 5.91 Å². The van der Waals surface area contributed by atoms with Gasteiger partial charge in [-0.2, -0.15) is 0 Å². The summed E-state index contributed by atoms with van der Waals surface area (Å²) in [7, 11) is 0. The molecule has 1 amide bonds. The largest absolute Gasteiger partial charge is 0.492 e. The van der Waals surface area contributed by atoms with Crippen molar-refractivity contribution in [3.05, 3.63) is 58.7 Å². The molecule has 0 aliphatic rings. The fourth-order valence-electron chi connectivity index (χ4n) is 2.68. The Morgan fingerprint density at radius 1 is 1.00 bits per heavy atom. The van der Waals surface area contributed by atoms with Crippen LogP contribution in [0.1, 0.15) is 29.2 Å². The van der Waals surface area contributed by atoms with E-state index in [1.165, 1.54) is 5.56 Å². The van der Waals surface area contributed by atoms with Crippen molar-refractivity contribution in [2.24, 2.45) is 0 Å². The first-order valence-corrected chi connectivity index (χ1v) is 8.58. The average molecular weight is 341 g/mol. The Morgan fingerprint density at radius 2 is 1.68 bits per heavy atom. The molecule has 2 aromatic carbocycles. The Bertz CT molecular complexity index is 720. The van der Waals surface area contributed by atoms with Crippen molar-refractivity contribution in [2.45, 2.75) is 40.7 Å². The van der Waals surface area contributed by atoms with Crippen LogP contribution in [0.4, 0.5) is 0 Å². The lowest BCUT2D eigenvalue weighted by Gasteiger charge is -2.17. The van der Waals surface area contributed by atoms with Crippen LogP contribution in [0, 0.1) is 27.7 Å². The van der Waals surface area contributed by atoms with Crippen molar-refractivity contribution in [2.75, 3.05) is 13.2 Å².